The number of nitrogens with one attached hydrogen (secondary N) is 7. The topological polar surface area (TPSA) is 350 Å². The van der Waals surface area contributed by atoms with Gasteiger partial charge in [0.05, 0.1) is 19.5 Å². The minimum absolute atomic E-state index is 0.0399. The molecule has 0 aliphatic carbocycles. The Balaban J connectivity index is 2.35. The molecule has 0 bridgehead atoms. The monoisotopic (exact) mass is 806 g/mol. The van der Waals surface area contributed by atoms with E-state index in [1.807, 2.05) is 0 Å². The summed E-state index contributed by atoms with van der Waals surface area (Å²) in [7, 11) is 0. The van der Waals surface area contributed by atoms with Crippen LogP contribution in [-0.2, 0) is 51.2 Å². The number of carbonyl (C=O) groups is 8. The number of H-pyrrole nitrogens is 1. The Bertz CT molecular complexity index is 1620. The summed E-state index contributed by atoms with van der Waals surface area (Å²) in [5.41, 5.74) is 12.3. The van der Waals surface area contributed by atoms with Gasteiger partial charge in [0.15, 0.2) is 0 Å². The summed E-state index contributed by atoms with van der Waals surface area (Å²) in [5, 5.41) is 42.3. The molecule has 0 aliphatic heterocycles. The van der Waals surface area contributed by atoms with Crippen molar-refractivity contribution >= 4 is 60.0 Å². The van der Waals surface area contributed by atoms with Crippen molar-refractivity contribution in [2.24, 2.45) is 11.5 Å². The number of rotatable bonds is 26. The van der Waals surface area contributed by atoms with E-state index in [4.69, 9.17) is 11.5 Å². The van der Waals surface area contributed by atoms with Crippen molar-refractivity contribution in [3.05, 3.63) is 54.1 Å². The first-order chi connectivity index (χ1) is 26.7. The number of aliphatic carboxylic acids is 2. The number of carbonyl (C=O) groups excluding carboxylic acids is 6. The maximum atomic E-state index is 14.0. The quantitative estimate of drug-likeness (QED) is 0.0319. The lowest BCUT2D eigenvalue weighted by Crippen LogP contribution is -2.59. The molecule has 0 aliphatic rings. The number of carboxylic acid groups (broad SMARTS) is 2. The number of nitrogens with two attached hydrogens (primary N) is 2. The maximum Gasteiger partial charge on any atom is 0.327 e. The standard InChI is InChI=1S/C34H50N10O11S/c35-11-5-4-8-22(31(51)44-25(13-20-14-37-18-39-20)30(50)38-15-27(46)40-26(17-56)34(54)55)42-33(53)24(12-19-6-2-1-3-7-19)43-32(52)23(9-10-28(47)48)41-29(49)21(36)16-45/h1-3,6-7,14,18,21-26,45,56H,4-5,8-13,15-17,35-36H2,(H,37,39)(H,38,50)(H,40,46)(H,41,49)(H,42,53)(H,43,52)(H,44,51)(H,47,48)(H,54,55)/t21-,22-,23-,24-,25-,26-/m0/s1. The predicted octanol–water partition coefficient (Wildman–Crippen LogP) is -3.94. The van der Waals surface area contributed by atoms with Gasteiger partial charge in [0.1, 0.15) is 36.3 Å². The molecule has 56 heavy (non-hydrogen) atoms. The van der Waals surface area contributed by atoms with Crippen LogP contribution in [0.4, 0.5) is 0 Å². The highest BCUT2D eigenvalue weighted by molar-refractivity contribution is 7.80. The van der Waals surface area contributed by atoms with E-state index in [0.717, 1.165) is 0 Å². The summed E-state index contributed by atoms with van der Waals surface area (Å²) in [5.74, 6) is -7.97. The Morgan fingerprint density at radius 3 is 1.89 bits per heavy atom. The number of hydrogen-bond donors (Lipinski definition) is 13. The van der Waals surface area contributed by atoms with Gasteiger partial charge in [-0.25, -0.2) is 9.78 Å². The number of benzene rings is 1. The lowest BCUT2D eigenvalue weighted by atomic mass is 10.0. The zero-order chi connectivity index (χ0) is 41.6. The van der Waals surface area contributed by atoms with E-state index in [0.29, 0.717) is 24.1 Å². The fraction of sp³-hybridized carbons (Fsp3) is 0.500. The number of aliphatic hydroxyl groups excluding tert-OH is 1. The lowest BCUT2D eigenvalue weighted by Gasteiger charge is -2.27. The van der Waals surface area contributed by atoms with Gasteiger partial charge in [-0.05, 0) is 37.8 Å². The molecular formula is C34H50N10O11S. The van der Waals surface area contributed by atoms with Crippen molar-refractivity contribution in [2.45, 2.75) is 81.2 Å². The number of carboxylic acids is 2. The molecule has 0 unspecified atom stereocenters. The van der Waals surface area contributed by atoms with Gasteiger partial charge in [-0.2, -0.15) is 12.6 Å². The van der Waals surface area contributed by atoms with Gasteiger partial charge in [0.2, 0.25) is 35.4 Å². The number of aliphatic hydroxyl groups is 1. The van der Waals surface area contributed by atoms with E-state index in [2.05, 4.69) is 54.5 Å². The molecule has 1 aromatic heterocycles. The summed E-state index contributed by atoms with van der Waals surface area (Å²) in [6, 6.07) is 0.301. The molecule has 0 fully saturated rings. The summed E-state index contributed by atoms with van der Waals surface area (Å²) < 4.78 is 0. The van der Waals surface area contributed by atoms with Crippen LogP contribution >= 0.6 is 12.6 Å². The first kappa shape index (κ1) is 46.6. The molecule has 0 saturated heterocycles. The SMILES string of the molecule is NCCCC[C@H](NC(=O)[C@H](Cc1ccccc1)NC(=O)[C@H](CCC(=O)O)NC(=O)[C@@H](N)CO)C(=O)N[C@@H](Cc1cnc[nH]1)C(=O)NCC(=O)N[C@@H](CS)C(=O)O. The Morgan fingerprint density at radius 2 is 1.34 bits per heavy atom. The molecular weight excluding hydrogens is 756 g/mol. The average molecular weight is 807 g/mol. The first-order valence-corrected chi connectivity index (χ1v) is 18.2. The largest absolute Gasteiger partial charge is 0.481 e. The maximum absolute atomic E-state index is 14.0. The van der Waals surface area contributed by atoms with E-state index in [-0.39, 0.29) is 38.0 Å². The van der Waals surface area contributed by atoms with Crippen LogP contribution in [0.5, 0.6) is 0 Å². The minimum atomic E-state index is -1.47. The summed E-state index contributed by atoms with van der Waals surface area (Å²) in [6.45, 7) is -1.13. The zero-order valence-corrected chi connectivity index (χ0v) is 31.3. The molecule has 2 rings (SSSR count). The van der Waals surface area contributed by atoms with Gasteiger partial charge < -0.3 is 63.7 Å². The van der Waals surface area contributed by atoms with Crippen molar-refractivity contribution in [3.63, 3.8) is 0 Å². The highest BCUT2D eigenvalue weighted by Crippen LogP contribution is 2.09. The fourth-order valence-corrected chi connectivity index (χ4v) is 5.33. The number of hydrogen-bond acceptors (Lipinski definition) is 13. The van der Waals surface area contributed by atoms with Gasteiger partial charge in [-0.3, -0.25) is 33.6 Å². The van der Waals surface area contributed by atoms with Crippen LogP contribution < -0.4 is 43.4 Å². The Hall–Kier alpha value is -5.58. The fourth-order valence-electron chi connectivity index (χ4n) is 5.08. The van der Waals surface area contributed by atoms with Crippen LogP contribution in [0.25, 0.3) is 0 Å². The first-order valence-electron chi connectivity index (χ1n) is 17.6. The number of amides is 6. The predicted molar refractivity (Wildman–Crippen MR) is 201 cm³/mol. The van der Waals surface area contributed by atoms with E-state index < -0.39 is 103 Å². The lowest BCUT2D eigenvalue weighted by molar-refractivity contribution is -0.141. The molecule has 21 nitrogen and oxygen atoms in total. The molecule has 1 heterocycles. The molecule has 308 valence electrons. The minimum Gasteiger partial charge on any atom is -0.481 e. The van der Waals surface area contributed by atoms with E-state index >= 15 is 0 Å². The molecule has 2 aromatic rings. The number of thiol groups is 1. The van der Waals surface area contributed by atoms with Gasteiger partial charge in [0.25, 0.3) is 0 Å². The number of aromatic amines is 1. The molecule has 0 radical (unpaired) electrons. The van der Waals surface area contributed by atoms with E-state index in [9.17, 15) is 53.7 Å². The third-order valence-corrected chi connectivity index (χ3v) is 8.52. The average Bonchev–Trinajstić information content (AvgIpc) is 3.69. The van der Waals surface area contributed by atoms with Crippen LogP contribution in [-0.4, -0.2) is 134 Å². The van der Waals surface area contributed by atoms with Crippen LogP contribution in [0.3, 0.4) is 0 Å². The molecule has 1 aromatic carbocycles. The van der Waals surface area contributed by atoms with E-state index in [1.165, 1.54) is 12.5 Å². The summed E-state index contributed by atoms with van der Waals surface area (Å²) in [6.07, 6.45) is 2.45. The smallest absolute Gasteiger partial charge is 0.327 e. The second-order valence-electron chi connectivity index (χ2n) is 12.6. The van der Waals surface area contributed by atoms with Gasteiger partial charge in [0, 0.05) is 36.9 Å². The number of unbranched alkanes of at least 4 members (excludes halogenated alkanes) is 1. The number of imidazole rings is 1. The van der Waals surface area contributed by atoms with Crippen molar-refractivity contribution in [1.82, 2.24) is 41.9 Å². The van der Waals surface area contributed by atoms with Gasteiger partial charge in [-0.1, -0.05) is 30.3 Å². The van der Waals surface area contributed by atoms with E-state index in [1.54, 1.807) is 30.3 Å². The Morgan fingerprint density at radius 1 is 0.750 bits per heavy atom. The second kappa shape index (κ2) is 24.8. The summed E-state index contributed by atoms with van der Waals surface area (Å²) >= 11 is 3.89. The van der Waals surface area contributed by atoms with Crippen molar-refractivity contribution in [2.75, 3.05) is 25.4 Å². The third-order valence-electron chi connectivity index (χ3n) is 8.16. The van der Waals surface area contributed by atoms with Crippen LogP contribution in [0, 0.1) is 0 Å². The van der Waals surface area contributed by atoms with Gasteiger partial charge in [-0.15, -0.1) is 0 Å². The number of aromatic nitrogens is 2. The Labute approximate surface area is 327 Å². The second-order valence-corrected chi connectivity index (χ2v) is 12.9. The Kier molecular flexibility index (Phi) is 20.6. The highest BCUT2D eigenvalue weighted by atomic mass is 32.1. The van der Waals surface area contributed by atoms with Crippen LogP contribution in [0.15, 0.2) is 42.9 Å². The van der Waals surface area contributed by atoms with Crippen molar-refractivity contribution in [1.29, 1.82) is 0 Å². The molecule has 6 amide bonds. The molecule has 0 spiro atoms. The molecule has 14 N–H and O–H groups in total. The van der Waals surface area contributed by atoms with Crippen LogP contribution in [0.1, 0.15) is 43.4 Å². The molecule has 0 saturated carbocycles. The highest BCUT2D eigenvalue weighted by Gasteiger charge is 2.32. The molecule has 22 heteroatoms. The van der Waals surface area contributed by atoms with Gasteiger partial charge >= 0.3 is 11.9 Å². The zero-order valence-electron chi connectivity index (χ0n) is 30.4. The molecule has 6 atom stereocenters. The van der Waals surface area contributed by atoms with Crippen LogP contribution in [0.2, 0.25) is 0 Å². The summed E-state index contributed by atoms with van der Waals surface area (Å²) in [4.78, 5) is 109. The third kappa shape index (κ3) is 16.8. The van der Waals surface area contributed by atoms with Crippen molar-refractivity contribution < 1.29 is 53.7 Å². The number of nitrogens with zero attached hydrogens (tertiary/aromatic N) is 1. The van der Waals surface area contributed by atoms with Crippen molar-refractivity contribution in [3.8, 4) is 0 Å². The normalized spacial score (nSPS) is 14.1.